The van der Waals surface area contributed by atoms with Crippen LogP contribution in [0.25, 0.3) is 0 Å². The Morgan fingerprint density at radius 2 is 1.67 bits per heavy atom. The molecule has 0 spiro atoms. The van der Waals surface area contributed by atoms with Gasteiger partial charge in [0.25, 0.3) is 0 Å². The fourth-order valence-electron chi connectivity index (χ4n) is 2.96. The first-order valence-electron chi connectivity index (χ1n) is 8.06. The molecule has 0 radical (unpaired) electrons. The van der Waals surface area contributed by atoms with E-state index in [9.17, 15) is 5.11 Å². The summed E-state index contributed by atoms with van der Waals surface area (Å²) in [6, 6.07) is 17.2. The second-order valence-electron chi connectivity index (χ2n) is 6.33. The van der Waals surface area contributed by atoms with Gasteiger partial charge in [-0.3, -0.25) is 0 Å². The van der Waals surface area contributed by atoms with E-state index < -0.39 is 0 Å². The highest BCUT2D eigenvalue weighted by Crippen LogP contribution is 2.36. The van der Waals surface area contributed by atoms with Gasteiger partial charge in [0.1, 0.15) is 0 Å². The minimum atomic E-state index is -0.359. The van der Waals surface area contributed by atoms with Gasteiger partial charge in [0, 0.05) is 0 Å². The fraction of sp³-hybridized carbons (Fsp3) is 0.400. The van der Waals surface area contributed by atoms with E-state index in [0.29, 0.717) is 0 Å². The van der Waals surface area contributed by atoms with E-state index in [0.717, 1.165) is 24.3 Å². The summed E-state index contributed by atoms with van der Waals surface area (Å²) in [6.45, 7) is 2.10. The Bertz CT molecular complexity index is 564. The molecule has 1 unspecified atom stereocenters. The Morgan fingerprint density at radius 1 is 1.00 bits per heavy atom. The molecular weight excluding hydrogens is 256 g/mol. The first-order chi connectivity index (χ1) is 10.2. The summed E-state index contributed by atoms with van der Waals surface area (Å²) < 4.78 is 0. The van der Waals surface area contributed by atoms with Crippen LogP contribution < -0.4 is 0 Å². The van der Waals surface area contributed by atoms with Crippen LogP contribution in [0.5, 0.6) is 0 Å². The molecule has 0 aromatic heterocycles. The summed E-state index contributed by atoms with van der Waals surface area (Å²) in [4.78, 5) is 0. The third kappa shape index (κ3) is 3.54. The number of aryl methyl sites for hydroxylation is 2. The van der Waals surface area contributed by atoms with E-state index in [1.807, 2.05) is 0 Å². The van der Waals surface area contributed by atoms with Crippen LogP contribution in [-0.2, 0) is 6.42 Å². The predicted molar refractivity (Wildman–Crippen MR) is 87.5 cm³/mol. The highest BCUT2D eigenvalue weighted by Gasteiger charge is 2.19. The van der Waals surface area contributed by atoms with Crippen LogP contribution >= 0.6 is 0 Å². The molecule has 110 valence electrons. The lowest BCUT2D eigenvalue weighted by atomic mass is 9.80. The lowest BCUT2D eigenvalue weighted by molar-refractivity contribution is 0.168. The van der Waals surface area contributed by atoms with Crippen molar-refractivity contribution < 1.29 is 5.11 Å². The Labute approximate surface area is 127 Å². The Hall–Kier alpha value is -1.60. The third-order valence-electron chi connectivity index (χ3n) is 4.72. The summed E-state index contributed by atoms with van der Waals surface area (Å²) in [5, 5.41) is 10.3. The molecular formula is C20H24O. The first kappa shape index (κ1) is 14.3. The Kier molecular flexibility index (Phi) is 4.40. The number of hydrogen-bond donors (Lipinski definition) is 1. The molecule has 0 bridgehead atoms. The number of aliphatic hydroxyl groups is 1. The molecule has 1 saturated carbocycles. The molecule has 1 aliphatic carbocycles. The van der Waals surface area contributed by atoms with Crippen molar-refractivity contribution in [2.45, 2.75) is 51.0 Å². The zero-order valence-electron chi connectivity index (χ0n) is 12.8. The van der Waals surface area contributed by atoms with Gasteiger partial charge in [0.15, 0.2) is 0 Å². The van der Waals surface area contributed by atoms with Gasteiger partial charge in [-0.2, -0.15) is 0 Å². The number of rotatable bonds is 5. The summed E-state index contributed by atoms with van der Waals surface area (Å²) >= 11 is 0. The van der Waals surface area contributed by atoms with E-state index in [-0.39, 0.29) is 6.10 Å². The van der Waals surface area contributed by atoms with Crippen LogP contribution in [0.1, 0.15) is 60.0 Å². The van der Waals surface area contributed by atoms with Crippen molar-refractivity contribution >= 4 is 0 Å². The van der Waals surface area contributed by atoms with Crippen molar-refractivity contribution in [3.63, 3.8) is 0 Å². The van der Waals surface area contributed by atoms with E-state index >= 15 is 0 Å². The summed E-state index contributed by atoms with van der Waals surface area (Å²) in [5.74, 6) is 0.767. The molecule has 1 heteroatoms. The molecule has 0 saturated heterocycles. The number of benzene rings is 2. The maximum absolute atomic E-state index is 10.3. The monoisotopic (exact) mass is 280 g/mol. The van der Waals surface area contributed by atoms with Crippen LogP contribution in [0.2, 0.25) is 0 Å². The average molecular weight is 280 g/mol. The van der Waals surface area contributed by atoms with Gasteiger partial charge in [-0.15, -0.1) is 0 Å². The SMILES string of the molecule is Cc1ccc(CCC(O)c2ccc(C3CCC3)cc2)cc1. The molecule has 21 heavy (non-hydrogen) atoms. The first-order valence-corrected chi connectivity index (χ1v) is 8.06. The lowest BCUT2D eigenvalue weighted by Gasteiger charge is -2.26. The van der Waals surface area contributed by atoms with Crippen molar-refractivity contribution in [3.05, 3.63) is 70.8 Å². The van der Waals surface area contributed by atoms with Gasteiger partial charge in [0.2, 0.25) is 0 Å². The average Bonchev–Trinajstić information content (AvgIpc) is 2.45. The second kappa shape index (κ2) is 6.44. The molecule has 1 aliphatic rings. The van der Waals surface area contributed by atoms with Gasteiger partial charge in [-0.05, 0) is 55.2 Å². The minimum Gasteiger partial charge on any atom is -0.388 e. The van der Waals surface area contributed by atoms with Gasteiger partial charge in [0.05, 0.1) is 6.10 Å². The predicted octanol–water partition coefficient (Wildman–Crippen LogP) is 4.93. The molecule has 1 nitrogen and oxygen atoms in total. The zero-order chi connectivity index (χ0) is 14.7. The molecule has 2 aromatic rings. The second-order valence-corrected chi connectivity index (χ2v) is 6.33. The van der Waals surface area contributed by atoms with Crippen LogP contribution in [0.3, 0.4) is 0 Å². The molecule has 0 aliphatic heterocycles. The van der Waals surface area contributed by atoms with Gasteiger partial charge in [-0.25, -0.2) is 0 Å². The Morgan fingerprint density at radius 3 is 2.24 bits per heavy atom. The van der Waals surface area contributed by atoms with Crippen molar-refractivity contribution in [1.82, 2.24) is 0 Å². The number of aliphatic hydroxyl groups excluding tert-OH is 1. The van der Waals surface area contributed by atoms with Crippen LogP contribution in [0, 0.1) is 6.92 Å². The molecule has 2 aromatic carbocycles. The van der Waals surface area contributed by atoms with Crippen molar-refractivity contribution in [1.29, 1.82) is 0 Å². The topological polar surface area (TPSA) is 20.2 Å². The molecule has 0 amide bonds. The Balaban J connectivity index is 1.56. The molecule has 0 heterocycles. The maximum atomic E-state index is 10.3. The smallest absolute Gasteiger partial charge is 0.0793 e. The highest BCUT2D eigenvalue weighted by molar-refractivity contribution is 5.28. The molecule has 1 N–H and O–H groups in total. The van der Waals surface area contributed by atoms with E-state index in [1.165, 1.54) is 36.0 Å². The van der Waals surface area contributed by atoms with E-state index in [4.69, 9.17) is 0 Å². The van der Waals surface area contributed by atoms with Gasteiger partial charge >= 0.3 is 0 Å². The standard InChI is InChI=1S/C20H24O/c1-15-5-7-16(8-6-15)9-14-20(21)19-12-10-18(11-13-19)17-3-2-4-17/h5-8,10-13,17,20-21H,2-4,9,14H2,1H3. The highest BCUT2D eigenvalue weighted by atomic mass is 16.3. The van der Waals surface area contributed by atoms with Crippen LogP contribution in [-0.4, -0.2) is 5.11 Å². The largest absolute Gasteiger partial charge is 0.388 e. The van der Waals surface area contributed by atoms with E-state index in [2.05, 4.69) is 55.5 Å². The molecule has 1 atom stereocenters. The van der Waals surface area contributed by atoms with E-state index in [1.54, 1.807) is 0 Å². The summed E-state index contributed by atoms with van der Waals surface area (Å²) in [6.07, 6.45) is 5.37. The normalized spacial score (nSPS) is 16.5. The lowest BCUT2D eigenvalue weighted by Crippen LogP contribution is -2.08. The van der Waals surface area contributed by atoms with Gasteiger partial charge < -0.3 is 5.11 Å². The summed E-state index contributed by atoms with van der Waals surface area (Å²) in [5.41, 5.74) is 5.07. The van der Waals surface area contributed by atoms with Crippen LogP contribution in [0.15, 0.2) is 48.5 Å². The van der Waals surface area contributed by atoms with Crippen molar-refractivity contribution in [2.24, 2.45) is 0 Å². The minimum absolute atomic E-state index is 0.359. The quantitative estimate of drug-likeness (QED) is 0.823. The maximum Gasteiger partial charge on any atom is 0.0793 e. The zero-order valence-corrected chi connectivity index (χ0v) is 12.8. The van der Waals surface area contributed by atoms with Crippen molar-refractivity contribution in [2.75, 3.05) is 0 Å². The fourth-order valence-corrected chi connectivity index (χ4v) is 2.96. The summed E-state index contributed by atoms with van der Waals surface area (Å²) in [7, 11) is 0. The van der Waals surface area contributed by atoms with Gasteiger partial charge in [-0.1, -0.05) is 60.5 Å². The molecule has 1 fully saturated rings. The molecule has 3 rings (SSSR count). The van der Waals surface area contributed by atoms with Crippen molar-refractivity contribution in [3.8, 4) is 0 Å². The third-order valence-corrected chi connectivity index (χ3v) is 4.72. The van der Waals surface area contributed by atoms with Crippen LogP contribution in [0.4, 0.5) is 0 Å². The number of hydrogen-bond acceptors (Lipinski definition) is 1.